The standard InChI is InChI=1S/C23H21NO3S/c25-21(17-11-5-2-6-12-17)20-18-13-7-8-14-19(18)28-22(20)24-23(26)27-15-16-9-3-1-4-10-16/h1-6,9-12H,7-8,13-15H2,(H,24,26). The zero-order valence-corrected chi connectivity index (χ0v) is 16.3. The van der Waals surface area contributed by atoms with Gasteiger partial charge in [-0.2, -0.15) is 0 Å². The summed E-state index contributed by atoms with van der Waals surface area (Å²) < 4.78 is 5.35. The molecule has 0 saturated heterocycles. The third kappa shape index (κ3) is 3.99. The van der Waals surface area contributed by atoms with Crippen LogP contribution in [-0.4, -0.2) is 11.9 Å². The van der Waals surface area contributed by atoms with Gasteiger partial charge in [0.2, 0.25) is 0 Å². The Bertz CT molecular complexity index is 980. The van der Waals surface area contributed by atoms with Crippen molar-refractivity contribution in [2.24, 2.45) is 0 Å². The van der Waals surface area contributed by atoms with E-state index < -0.39 is 6.09 Å². The first kappa shape index (κ1) is 18.4. The van der Waals surface area contributed by atoms with E-state index in [0.717, 1.165) is 36.8 Å². The quantitative estimate of drug-likeness (QED) is 0.576. The molecule has 2 aromatic carbocycles. The number of ether oxygens (including phenoxy) is 1. The summed E-state index contributed by atoms with van der Waals surface area (Å²) in [6.07, 6.45) is 3.47. The number of anilines is 1. The Balaban J connectivity index is 1.57. The number of aryl methyl sites for hydroxylation is 1. The number of carbonyl (C=O) groups excluding carboxylic acids is 2. The van der Waals surface area contributed by atoms with E-state index in [4.69, 9.17) is 4.74 Å². The summed E-state index contributed by atoms with van der Waals surface area (Å²) in [6, 6.07) is 18.8. The van der Waals surface area contributed by atoms with Crippen LogP contribution in [0.1, 0.15) is 44.8 Å². The number of rotatable bonds is 5. The summed E-state index contributed by atoms with van der Waals surface area (Å²) in [5, 5.41) is 3.42. The molecule has 142 valence electrons. The van der Waals surface area contributed by atoms with Crippen LogP contribution in [0.15, 0.2) is 60.7 Å². The summed E-state index contributed by atoms with van der Waals surface area (Å²) in [4.78, 5) is 26.7. The van der Waals surface area contributed by atoms with Crippen molar-refractivity contribution in [2.45, 2.75) is 32.3 Å². The van der Waals surface area contributed by atoms with Crippen LogP contribution in [0.5, 0.6) is 0 Å². The third-order valence-corrected chi connectivity index (χ3v) is 6.07. The maximum absolute atomic E-state index is 13.2. The number of nitrogens with one attached hydrogen (secondary N) is 1. The van der Waals surface area contributed by atoms with Crippen molar-refractivity contribution in [3.63, 3.8) is 0 Å². The lowest BCUT2D eigenvalue weighted by atomic mass is 9.92. The average molecular weight is 391 g/mol. The monoisotopic (exact) mass is 391 g/mol. The molecule has 4 rings (SSSR count). The maximum Gasteiger partial charge on any atom is 0.412 e. The van der Waals surface area contributed by atoms with Crippen LogP contribution in [0, 0.1) is 0 Å². The van der Waals surface area contributed by atoms with Gasteiger partial charge in [-0.15, -0.1) is 11.3 Å². The van der Waals surface area contributed by atoms with Crippen molar-refractivity contribution in [3.8, 4) is 0 Å². The van der Waals surface area contributed by atoms with Gasteiger partial charge in [0.15, 0.2) is 5.78 Å². The van der Waals surface area contributed by atoms with Gasteiger partial charge in [0, 0.05) is 10.4 Å². The molecule has 0 spiro atoms. The Kier molecular flexibility index (Phi) is 5.53. The predicted molar refractivity (Wildman–Crippen MR) is 111 cm³/mol. The fraction of sp³-hybridized carbons (Fsp3) is 0.217. The molecular formula is C23H21NO3S. The minimum atomic E-state index is -0.537. The highest BCUT2D eigenvalue weighted by atomic mass is 32.1. The second-order valence-corrected chi connectivity index (χ2v) is 7.90. The van der Waals surface area contributed by atoms with Gasteiger partial charge in [-0.3, -0.25) is 10.1 Å². The largest absolute Gasteiger partial charge is 0.444 e. The maximum atomic E-state index is 13.2. The SMILES string of the molecule is O=C(Nc1sc2c(c1C(=O)c1ccccc1)CCCC2)OCc1ccccc1. The Morgan fingerprint density at radius 3 is 2.36 bits per heavy atom. The highest BCUT2D eigenvalue weighted by Crippen LogP contribution is 2.39. The first-order valence-corrected chi connectivity index (χ1v) is 10.3. The first-order chi connectivity index (χ1) is 13.7. The van der Waals surface area contributed by atoms with E-state index in [0.29, 0.717) is 16.1 Å². The predicted octanol–water partition coefficient (Wildman–Crippen LogP) is 5.61. The number of amides is 1. The molecular weight excluding hydrogens is 370 g/mol. The molecule has 1 N–H and O–H groups in total. The first-order valence-electron chi connectivity index (χ1n) is 9.44. The lowest BCUT2D eigenvalue weighted by molar-refractivity contribution is 0.103. The number of thiophene rings is 1. The molecule has 3 aromatic rings. The fourth-order valence-corrected chi connectivity index (χ4v) is 4.75. The van der Waals surface area contributed by atoms with Crippen LogP contribution in [0.3, 0.4) is 0 Å². The molecule has 4 nitrogen and oxygen atoms in total. The summed E-state index contributed by atoms with van der Waals surface area (Å²) in [6.45, 7) is 0.194. The second kappa shape index (κ2) is 8.40. The molecule has 0 bridgehead atoms. The van der Waals surface area contributed by atoms with Crippen LogP contribution in [0.25, 0.3) is 0 Å². The summed E-state index contributed by atoms with van der Waals surface area (Å²) >= 11 is 1.50. The number of fused-ring (bicyclic) bond motifs is 1. The number of ketones is 1. The molecule has 0 aliphatic heterocycles. The molecule has 0 unspecified atom stereocenters. The molecule has 1 amide bonds. The Morgan fingerprint density at radius 2 is 1.61 bits per heavy atom. The number of benzene rings is 2. The Labute approximate surface area is 168 Å². The lowest BCUT2D eigenvalue weighted by Gasteiger charge is -2.12. The van der Waals surface area contributed by atoms with E-state index in [9.17, 15) is 9.59 Å². The third-order valence-electron chi connectivity index (χ3n) is 4.86. The highest BCUT2D eigenvalue weighted by Gasteiger charge is 2.27. The number of carbonyl (C=O) groups is 2. The smallest absolute Gasteiger partial charge is 0.412 e. The summed E-state index contributed by atoms with van der Waals surface area (Å²) in [5.74, 6) is -0.0432. The molecule has 1 aliphatic rings. The van der Waals surface area contributed by atoms with Gasteiger partial charge in [0.1, 0.15) is 11.6 Å². The van der Waals surface area contributed by atoms with E-state index in [1.165, 1.54) is 16.2 Å². The molecule has 28 heavy (non-hydrogen) atoms. The van der Waals surface area contributed by atoms with Crippen LogP contribution in [0.4, 0.5) is 9.80 Å². The van der Waals surface area contributed by atoms with Gasteiger partial charge in [-0.1, -0.05) is 60.7 Å². The summed E-state index contributed by atoms with van der Waals surface area (Å²) in [5.41, 5.74) is 3.27. The van der Waals surface area contributed by atoms with Gasteiger partial charge in [0.05, 0.1) is 5.56 Å². The minimum Gasteiger partial charge on any atom is -0.444 e. The van der Waals surface area contributed by atoms with Crippen molar-refractivity contribution in [2.75, 3.05) is 5.32 Å². The van der Waals surface area contributed by atoms with Crippen LogP contribution in [-0.2, 0) is 24.2 Å². The van der Waals surface area contributed by atoms with Gasteiger partial charge < -0.3 is 4.74 Å². The summed E-state index contributed by atoms with van der Waals surface area (Å²) in [7, 11) is 0. The molecule has 1 aromatic heterocycles. The molecule has 0 fully saturated rings. The Hall–Kier alpha value is -2.92. The Morgan fingerprint density at radius 1 is 0.929 bits per heavy atom. The number of hydrogen-bond donors (Lipinski definition) is 1. The lowest BCUT2D eigenvalue weighted by Crippen LogP contribution is -2.16. The molecule has 0 saturated carbocycles. The molecule has 1 aliphatic carbocycles. The number of hydrogen-bond acceptors (Lipinski definition) is 4. The molecule has 0 radical (unpaired) electrons. The average Bonchev–Trinajstić information content (AvgIpc) is 3.11. The zero-order chi connectivity index (χ0) is 19.3. The van der Waals surface area contributed by atoms with Crippen LogP contribution in [0.2, 0.25) is 0 Å². The van der Waals surface area contributed by atoms with Crippen molar-refractivity contribution in [3.05, 3.63) is 87.8 Å². The van der Waals surface area contributed by atoms with Crippen LogP contribution < -0.4 is 5.32 Å². The van der Waals surface area contributed by atoms with E-state index in [-0.39, 0.29) is 12.4 Å². The zero-order valence-electron chi connectivity index (χ0n) is 15.4. The van der Waals surface area contributed by atoms with Crippen molar-refractivity contribution in [1.29, 1.82) is 0 Å². The van der Waals surface area contributed by atoms with E-state index in [2.05, 4.69) is 5.32 Å². The van der Waals surface area contributed by atoms with E-state index in [1.54, 1.807) is 0 Å². The topological polar surface area (TPSA) is 55.4 Å². The van der Waals surface area contributed by atoms with E-state index in [1.807, 2.05) is 60.7 Å². The molecule has 1 heterocycles. The fourth-order valence-electron chi connectivity index (χ4n) is 3.48. The van der Waals surface area contributed by atoms with Gasteiger partial charge in [-0.05, 0) is 36.8 Å². The molecule has 0 atom stereocenters. The minimum absolute atomic E-state index is 0.0432. The van der Waals surface area contributed by atoms with Gasteiger partial charge >= 0.3 is 6.09 Å². The van der Waals surface area contributed by atoms with Crippen LogP contribution >= 0.6 is 11.3 Å². The van der Waals surface area contributed by atoms with Crippen molar-refractivity contribution < 1.29 is 14.3 Å². The highest BCUT2D eigenvalue weighted by molar-refractivity contribution is 7.17. The normalized spacial score (nSPS) is 12.9. The molecule has 5 heteroatoms. The van der Waals surface area contributed by atoms with Gasteiger partial charge in [-0.25, -0.2) is 4.79 Å². The van der Waals surface area contributed by atoms with Crippen molar-refractivity contribution >= 4 is 28.2 Å². The van der Waals surface area contributed by atoms with Crippen molar-refractivity contribution in [1.82, 2.24) is 0 Å². The van der Waals surface area contributed by atoms with E-state index >= 15 is 0 Å². The van der Waals surface area contributed by atoms with Gasteiger partial charge in [0.25, 0.3) is 0 Å². The second-order valence-electron chi connectivity index (χ2n) is 6.80.